The van der Waals surface area contributed by atoms with Gasteiger partial charge in [-0.1, -0.05) is 0 Å². The summed E-state index contributed by atoms with van der Waals surface area (Å²) in [6.07, 6.45) is 8.08. The van der Waals surface area contributed by atoms with Crippen molar-refractivity contribution in [3.63, 3.8) is 0 Å². The molecule has 5 heteroatoms. The first-order chi connectivity index (χ1) is 10.6. The third kappa shape index (κ3) is 3.29. The molecule has 2 N–H and O–H groups in total. The lowest BCUT2D eigenvalue weighted by Gasteiger charge is -2.42. The summed E-state index contributed by atoms with van der Waals surface area (Å²) < 4.78 is 0. The second kappa shape index (κ2) is 5.52. The summed E-state index contributed by atoms with van der Waals surface area (Å²) in [6.45, 7) is 1.07. The molecule has 0 bridgehead atoms. The number of rotatable bonds is 8. The molecule has 2 unspecified atom stereocenters. The van der Waals surface area contributed by atoms with Gasteiger partial charge in [0, 0.05) is 24.5 Å². The van der Waals surface area contributed by atoms with E-state index in [-0.39, 0.29) is 24.4 Å². The van der Waals surface area contributed by atoms with Crippen molar-refractivity contribution in [3.05, 3.63) is 0 Å². The highest BCUT2D eigenvalue weighted by molar-refractivity contribution is 5.82. The molecule has 0 aromatic carbocycles. The third-order valence-corrected chi connectivity index (χ3v) is 5.91. The van der Waals surface area contributed by atoms with Crippen LogP contribution in [0.15, 0.2) is 0 Å². The van der Waals surface area contributed by atoms with Crippen molar-refractivity contribution in [2.24, 2.45) is 23.7 Å². The largest absolute Gasteiger partial charge is 0.480 e. The van der Waals surface area contributed by atoms with Crippen LogP contribution in [0.3, 0.4) is 0 Å². The second-order valence-corrected chi connectivity index (χ2v) is 7.94. The maximum atomic E-state index is 12.2. The number of amides is 1. The van der Waals surface area contributed by atoms with Crippen molar-refractivity contribution in [3.8, 4) is 0 Å². The third-order valence-electron chi connectivity index (χ3n) is 5.91. The molecule has 0 saturated heterocycles. The smallest absolute Gasteiger partial charge is 0.317 e. The summed E-state index contributed by atoms with van der Waals surface area (Å²) in [5.74, 6) is 2.03. The van der Waals surface area contributed by atoms with Gasteiger partial charge in [0.05, 0.1) is 6.54 Å². The number of aliphatic carboxylic acids is 1. The number of hydrogen-bond donors (Lipinski definition) is 2. The van der Waals surface area contributed by atoms with Crippen molar-refractivity contribution in [1.29, 1.82) is 0 Å². The van der Waals surface area contributed by atoms with E-state index in [0.29, 0.717) is 17.9 Å². The van der Waals surface area contributed by atoms with Crippen LogP contribution in [-0.4, -0.2) is 47.1 Å². The summed E-state index contributed by atoms with van der Waals surface area (Å²) in [5.41, 5.74) is 0. The Morgan fingerprint density at radius 1 is 1.09 bits per heavy atom. The average molecular weight is 306 g/mol. The van der Waals surface area contributed by atoms with Crippen LogP contribution in [0, 0.1) is 23.7 Å². The number of carbonyl (C=O) groups excluding carboxylic acids is 1. The van der Waals surface area contributed by atoms with Crippen LogP contribution in [0.5, 0.6) is 0 Å². The molecule has 4 fully saturated rings. The van der Waals surface area contributed by atoms with Crippen LogP contribution >= 0.6 is 0 Å². The van der Waals surface area contributed by atoms with E-state index >= 15 is 0 Å². The van der Waals surface area contributed by atoms with Crippen LogP contribution in [-0.2, 0) is 9.59 Å². The molecule has 0 aliphatic heterocycles. The highest BCUT2D eigenvalue weighted by atomic mass is 16.4. The van der Waals surface area contributed by atoms with Gasteiger partial charge in [0.15, 0.2) is 0 Å². The summed E-state index contributed by atoms with van der Waals surface area (Å²) >= 11 is 0. The zero-order chi connectivity index (χ0) is 15.3. The van der Waals surface area contributed by atoms with E-state index in [1.54, 1.807) is 0 Å². The lowest BCUT2D eigenvalue weighted by atomic mass is 9.85. The van der Waals surface area contributed by atoms with Gasteiger partial charge in [-0.15, -0.1) is 0 Å². The standard InChI is InChI=1S/C17H26N2O3/c20-16(21)9-19(8-10-1-2-10)13-5-12(6-13)18-17(22)15-7-14(15)11-3-4-11/h10-15H,1-9H2,(H,18,22)(H,20,21). The lowest BCUT2D eigenvalue weighted by molar-refractivity contribution is -0.140. The van der Waals surface area contributed by atoms with Crippen LogP contribution in [0.25, 0.3) is 0 Å². The molecule has 122 valence electrons. The monoisotopic (exact) mass is 306 g/mol. The van der Waals surface area contributed by atoms with Crippen molar-refractivity contribution in [2.75, 3.05) is 13.1 Å². The van der Waals surface area contributed by atoms with E-state index in [4.69, 9.17) is 5.11 Å². The van der Waals surface area contributed by atoms with Gasteiger partial charge in [0.1, 0.15) is 0 Å². The summed E-state index contributed by atoms with van der Waals surface area (Å²) in [5, 5.41) is 12.2. The van der Waals surface area contributed by atoms with E-state index in [2.05, 4.69) is 10.2 Å². The van der Waals surface area contributed by atoms with Crippen molar-refractivity contribution < 1.29 is 14.7 Å². The van der Waals surface area contributed by atoms with Gasteiger partial charge >= 0.3 is 5.97 Å². The van der Waals surface area contributed by atoms with E-state index in [1.165, 1.54) is 25.7 Å². The predicted molar refractivity (Wildman–Crippen MR) is 81.2 cm³/mol. The summed E-state index contributed by atoms with van der Waals surface area (Å²) in [4.78, 5) is 25.3. The van der Waals surface area contributed by atoms with Gasteiger partial charge in [0.25, 0.3) is 0 Å². The maximum Gasteiger partial charge on any atom is 0.317 e. The van der Waals surface area contributed by atoms with E-state index in [0.717, 1.165) is 31.7 Å². The topological polar surface area (TPSA) is 69.6 Å². The van der Waals surface area contributed by atoms with Crippen LogP contribution in [0.1, 0.15) is 44.9 Å². The summed E-state index contributed by atoms with van der Waals surface area (Å²) in [7, 11) is 0. The number of carboxylic acid groups (broad SMARTS) is 1. The normalized spacial score (nSPS) is 36.8. The maximum absolute atomic E-state index is 12.2. The number of nitrogens with one attached hydrogen (secondary N) is 1. The first-order valence-corrected chi connectivity index (χ1v) is 8.86. The van der Waals surface area contributed by atoms with E-state index < -0.39 is 5.97 Å². The fourth-order valence-corrected chi connectivity index (χ4v) is 4.02. The Bertz CT molecular complexity index is 467. The van der Waals surface area contributed by atoms with Gasteiger partial charge in [-0.2, -0.15) is 0 Å². The number of nitrogens with zero attached hydrogens (tertiary/aromatic N) is 1. The molecular weight excluding hydrogens is 280 g/mol. The quantitative estimate of drug-likeness (QED) is 0.712. The van der Waals surface area contributed by atoms with E-state index in [1.807, 2.05) is 0 Å². The van der Waals surface area contributed by atoms with E-state index in [9.17, 15) is 9.59 Å². The molecule has 4 saturated carbocycles. The Morgan fingerprint density at radius 2 is 1.82 bits per heavy atom. The molecule has 0 heterocycles. The predicted octanol–water partition coefficient (Wildman–Crippen LogP) is 1.48. The molecule has 0 spiro atoms. The van der Waals surface area contributed by atoms with Gasteiger partial charge in [-0.3, -0.25) is 14.5 Å². The minimum absolute atomic E-state index is 0.147. The number of hydrogen-bond acceptors (Lipinski definition) is 3. The molecule has 5 nitrogen and oxygen atoms in total. The molecule has 1 amide bonds. The molecule has 22 heavy (non-hydrogen) atoms. The molecule has 0 aromatic heterocycles. The highest BCUT2D eigenvalue weighted by Crippen LogP contribution is 2.54. The van der Waals surface area contributed by atoms with Crippen LogP contribution in [0.4, 0.5) is 0 Å². The van der Waals surface area contributed by atoms with Crippen molar-refractivity contribution in [2.45, 2.75) is 57.0 Å². The number of carbonyl (C=O) groups is 2. The Hall–Kier alpha value is -1.10. The van der Waals surface area contributed by atoms with Crippen LogP contribution in [0.2, 0.25) is 0 Å². The zero-order valence-electron chi connectivity index (χ0n) is 13.0. The van der Waals surface area contributed by atoms with Gasteiger partial charge < -0.3 is 10.4 Å². The SMILES string of the molecule is O=C(O)CN(CC1CC1)C1CC(NC(=O)C2CC2C2CC2)C1. The second-order valence-electron chi connectivity index (χ2n) is 7.94. The zero-order valence-corrected chi connectivity index (χ0v) is 13.0. The molecule has 0 aromatic rings. The Labute approximate surface area is 131 Å². The van der Waals surface area contributed by atoms with Gasteiger partial charge in [-0.05, 0) is 62.7 Å². The minimum atomic E-state index is -0.738. The fraction of sp³-hybridized carbons (Fsp3) is 0.882. The molecule has 4 aliphatic rings. The fourth-order valence-electron chi connectivity index (χ4n) is 4.02. The Balaban J connectivity index is 1.20. The lowest BCUT2D eigenvalue weighted by Crippen LogP contribution is -2.55. The average Bonchev–Trinajstić information content (AvgIpc) is 3.22. The van der Waals surface area contributed by atoms with Crippen molar-refractivity contribution >= 4 is 11.9 Å². The summed E-state index contributed by atoms with van der Waals surface area (Å²) in [6, 6.07) is 0.619. The van der Waals surface area contributed by atoms with Gasteiger partial charge in [0.2, 0.25) is 5.91 Å². The molecule has 4 aliphatic carbocycles. The Morgan fingerprint density at radius 3 is 2.41 bits per heavy atom. The van der Waals surface area contributed by atoms with Crippen LogP contribution < -0.4 is 5.32 Å². The number of carboxylic acids is 1. The first kappa shape index (κ1) is 14.5. The molecular formula is C17H26N2O3. The highest BCUT2D eigenvalue weighted by Gasteiger charge is 2.51. The molecule has 2 atom stereocenters. The van der Waals surface area contributed by atoms with Crippen molar-refractivity contribution in [1.82, 2.24) is 10.2 Å². The molecule has 4 rings (SSSR count). The minimum Gasteiger partial charge on any atom is -0.480 e. The van der Waals surface area contributed by atoms with Gasteiger partial charge in [-0.25, -0.2) is 0 Å². The Kier molecular flexibility index (Phi) is 3.63. The molecule has 0 radical (unpaired) electrons. The first-order valence-electron chi connectivity index (χ1n) is 8.86.